The molecule has 1 N–H and O–H groups in total. The van der Waals surface area contributed by atoms with Crippen molar-refractivity contribution in [1.82, 2.24) is 14.5 Å². The van der Waals surface area contributed by atoms with E-state index in [2.05, 4.69) is 5.32 Å². The SMILES string of the molecule is COC(=O)C1CCN(C(=O)c2cc(NC(=O)CC3CCCC3)cc3nc([C@@H]4CCCO4)n(C)c23)CC1. The van der Waals surface area contributed by atoms with Crippen LogP contribution in [-0.4, -0.2) is 59.0 Å². The van der Waals surface area contributed by atoms with E-state index in [0.717, 1.165) is 37.0 Å². The van der Waals surface area contributed by atoms with E-state index < -0.39 is 0 Å². The molecule has 1 aromatic carbocycles. The molecule has 0 bridgehead atoms. The molecule has 9 nitrogen and oxygen atoms in total. The number of anilines is 1. The summed E-state index contributed by atoms with van der Waals surface area (Å²) in [7, 11) is 3.32. The van der Waals surface area contributed by atoms with E-state index in [9.17, 15) is 14.4 Å². The van der Waals surface area contributed by atoms with Crippen LogP contribution in [0, 0.1) is 11.8 Å². The molecule has 194 valence electrons. The van der Waals surface area contributed by atoms with Crippen molar-refractivity contribution in [2.75, 3.05) is 32.1 Å². The number of aromatic nitrogens is 2. The van der Waals surface area contributed by atoms with Gasteiger partial charge in [0, 0.05) is 38.9 Å². The van der Waals surface area contributed by atoms with Crippen molar-refractivity contribution in [3.05, 3.63) is 23.5 Å². The van der Waals surface area contributed by atoms with Gasteiger partial charge in [-0.05, 0) is 56.6 Å². The number of carbonyl (C=O) groups excluding carboxylic acids is 3. The van der Waals surface area contributed by atoms with Gasteiger partial charge in [0.2, 0.25) is 5.91 Å². The summed E-state index contributed by atoms with van der Waals surface area (Å²) in [5, 5.41) is 3.04. The van der Waals surface area contributed by atoms with Gasteiger partial charge < -0.3 is 24.3 Å². The van der Waals surface area contributed by atoms with E-state index in [1.54, 1.807) is 11.0 Å². The van der Waals surface area contributed by atoms with Crippen LogP contribution in [0.2, 0.25) is 0 Å². The quantitative estimate of drug-likeness (QED) is 0.607. The Morgan fingerprint density at radius 2 is 1.83 bits per heavy atom. The monoisotopic (exact) mass is 496 g/mol. The Bertz CT molecular complexity index is 1140. The van der Waals surface area contributed by atoms with Crippen molar-refractivity contribution in [3.8, 4) is 0 Å². The van der Waals surface area contributed by atoms with Crippen molar-refractivity contribution >= 4 is 34.5 Å². The van der Waals surface area contributed by atoms with Crippen molar-refractivity contribution in [3.63, 3.8) is 0 Å². The molecule has 0 unspecified atom stereocenters. The van der Waals surface area contributed by atoms with Gasteiger partial charge in [-0.25, -0.2) is 4.98 Å². The molecule has 2 amide bonds. The van der Waals surface area contributed by atoms with Crippen molar-refractivity contribution in [2.24, 2.45) is 18.9 Å². The van der Waals surface area contributed by atoms with E-state index >= 15 is 0 Å². The van der Waals surface area contributed by atoms with Gasteiger partial charge in [-0.15, -0.1) is 0 Å². The minimum atomic E-state index is -0.218. The third-order valence-electron chi connectivity index (χ3n) is 8.00. The van der Waals surface area contributed by atoms with E-state index in [1.165, 1.54) is 20.0 Å². The molecule has 1 atom stereocenters. The number of rotatable bonds is 6. The van der Waals surface area contributed by atoms with E-state index in [4.69, 9.17) is 14.5 Å². The molecular formula is C27H36N4O5. The van der Waals surface area contributed by atoms with Crippen LogP contribution in [0.25, 0.3) is 11.0 Å². The maximum atomic E-state index is 13.8. The lowest BCUT2D eigenvalue weighted by Gasteiger charge is -2.31. The molecule has 1 saturated carbocycles. The first-order valence-electron chi connectivity index (χ1n) is 13.2. The Morgan fingerprint density at radius 3 is 2.50 bits per heavy atom. The molecule has 2 aromatic rings. The largest absolute Gasteiger partial charge is 0.469 e. The Labute approximate surface area is 211 Å². The summed E-state index contributed by atoms with van der Waals surface area (Å²) in [6.45, 7) is 1.67. The fraction of sp³-hybridized carbons (Fsp3) is 0.630. The number of piperidine rings is 1. The van der Waals surface area contributed by atoms with Gasteiger partial charge >= 0.3 is 5.97 Å². The normalized spacial score (nSPS) is 21.3. The number of benzene rings is 1. The molecule has 2 saturated heterocycles. The summed E-state index contributed by atoms with van der Waals surface area (Å²) < 4.78 is 12.7. The predicted octanol–water partition coefficient (Wildman–Crippen LogP) is 3.97. The Hall–Kier alpha value is -2.94. The number of imidazole rings is 1. The van der Waals surface area contributed by atoms with Crippen molar-refractivity contribution < 1.29 is 23.9 Å². The summed E-state index contributed by atoms with van der Waals surface area (Å²) >= 11 is 0. The van der Waals surface area contributed by atoms with Gasteiger partial charge in [-0.3, -0.25) is 14.4 Å². The first-order chi connectivity index (χ1) is 17.4. The average Bonchev–Trinajstić information content (AvgIpc) is 3.65. The molecule has 3 fully saturated rings. The number of hydrogen-bond acceptors (Lipinski definition) is 6. The number of aryl methyl sites for hydroxylation is 1. The Balaban J connectivity index is 1.44. The molecule has 1 aromatic heterocycles. The minimum Gasteiger partial charge on any atom is -0.469 e. The summed E-state index contributed by atoms with van der Waals surface area (Å²) in [4.78, 5) is 45.2. The highest BCUT2D eigenvalue weighted by Gasteiger charge is 2.31. The summed E-state index contributed by atoms with van der Waals surface area (Å²) in [6.07, 6.45) is 8.02. The van der Waals surface area contributed by atoms with E-state index in [0.29, 0.717) is 61.6 Å². The predicted molar refractivity (Wildman–Crippen MR) is 134 cm³/mol. The van der Waals surface area contributed by atoms with Gasteiger partial charge in [-0.2, -0.15) is 0 Å². The van der Waals surface area contributed by atoms with Crippen LogP contribution < -0.4 is 5.32 Å². The number of nitrogens with one attached hydrogen (secondary N) is 1. The van der Waals surface area contributed by atoms with Crippen molar-refractivity contribution in [2.45, 2.75) is 63.9 Å². The zero-order valence-electron chi connectivity index (χ0n) is 21.3. The molecule has 3 aliphatic rings. The molecule has 5 rings (SSSR count). The van der Waals surface area contributed by atoms with Gasteiger partial charge in [0.05, 0.1) is 29.6 Å². The maximum absolute atomic E-state index is 13.8. The standard InChI is InChI=1S/C27H36N4O5/c1-30-24-20(26(33)31-11-9-18(10-12-31)27(34)35-2)15-19(28-23(32)14-17-6-3-4-7-17)16-21(24)29-25(30)22-8-5-13-36-22/h15-18,22H,3-14H2,1-2H3,(H,28,32)/t22-/m0/s1. The number of fused-ring (bicyclic) bond motifs is 1. The average molecular weight is 497 g/mol. The molecule has 0 spiro atoms. The number of likely N-dealkylation sites (tertiary alicyclic amines) is 1. The number of esters is 1. The second kappa shape index (κ2) is 10.6. The number of amides is 2. The third-order valence-corrected chi connectivity index (χ3v) is 8.00. The number of hydrogen-bond donors (Lipinski definition) is 1. The lowest BCUT2D eigenvalue weighted by molar-refractivity contribution is -0.146. The Kier molecular flexibility index (Phi) is 7.27. The smallest absolute Gasteiger partial charge is 0.308 e. The van der Waals surface area contributed by atoms with Gasteiger partial charge in [0.15, 0.2) is 0 Å². The number of ether oxygens (including phenoxy) is 2. The second-order valence-electron chi connectivity index (χ2n) is 10.4. The molecule has 0 radical (unpaired) electrons. The zero-order chi connectivity index (χ0) is 25.2. The lowest BCUT2D eigenvalue weighted by Crippen LogP contribution is -2.40. The molecule has 36 heavy (non-hydrogen) atoms. The number of nitrogens with zero attached hydrogens (tertiary/aromatic N) is 3. The third kappa shape index (κ3) is 4.98. The van der Waals surface area contributed by atoms with Crippen LogP contribution in [0.4, 0.5) is 5.69 Å². The summed E-state index contributed by atoms with van der Waals surface area (Å²) in [5.74, 6) is 0.709. The first-order valence-corrected chi connectivity index (χ1v) is 13.2. The van der Waals surface area contributed by atoms with Crippen LogP contribution in [0.15, 0.2) is 12.1 Å². The van der Waals surface area contributed by atoms with Crippen LogP contribution >= 0.6 is 0 Å². The fourth-order valence-corrected chi connectivity index (χ4v) is 6.02. The first kappa shape index (κ1) is 24.7. The summed E-state index contributed by atoms with van der Waals surface area (Å²) in [5.41, 5.74) is 2.53. The van der Waals surface area contributed by atoms with Crippen LogP contribution in [0.3, 0.4) is 0 Å². The van der Waals surface area contributed by atoms with E-state index in [-0.39, 0.29) is 29.8 Å². The lowest BCUT2D eigenvalue weighted by atomic mass is 9.96. The molecule has 1 aliphatic carbocycles. The minimum absolute atomic E-state index is 0.0196. The van der Waals surface area contributed by atoms with Gasteiger partial charge in [0.1, 0.15) is 11.9 Å². The van der Waals surface area contributed by atoms with Crippen LogP contribution in [0.5, 0.6) is 0 Å². The molecular weight excluding hydrogens is 460 g/mol. The summed E-state index contributed by atoms with van der Waals surface area (Å²) in [6, 6.07) is 3.64. The highest BCUT2D eigenvalue weighted by atomic mass is 16.5. The molecule has 9 heteroatoms. The highest BCUT2D eigenvalue weighted by molar-refractivity contribution is 6.07. The van der Waals surface area contributed by atoms with Crippen molar-refractivity contribution in [1.29, 1.82) is 0 Å². The highest BCUT2D eigenvalue weighted by Crippen LogP contribution is 2.34. The van der Waals surface area contributed by atoms with E-state index in [1.807, 2.05) is 17.7 Å². The van der Waals surface area contributed by atoms with Crippen LogP contribution in [0.1, 0.15) is 80.1 Å². The van der Waals surface area contributed by atoms with Gasteiger partial charge in [0.25, 0.3) is 5.91 Å². The maximum Gasteiger partial charge on any atom is 0.308 e. The zero-order valence-corrected chi connectivity index (χ0v) is 21.3. The number of methoxy groups -OCH3 is 1. The second-order valence-corrected chi connectivity index (χ2v) is 10.4. The fourth-order valence-electron chi connectivity index (χ4n) is 6.02. The topological polar surface area (TPSA) is 103 Å². The Morgan fingerprint density at radius 1 is 1.08 bits per heavy atom. The van der Waals surface area contributed by atoms with Crippen LogP contribution in [-0.2, 0) is 26.1 Å². The molecule has 2 aliphatic heterocycles. The number of carbonyl (C=O) groups is 3. The van der Waals surface area contributed by atoms with Gasteiger partial charge in [-0.1, -0.05) is 12.8 Å². The molecule has 3 heterocycles.